The first-order chi connectivity index (χ1) is 8.86. The largest absolute Gasteiger partial charge is 0.480 e. The van der Waals surface area contributed by atoms with Crippen molar-refractivity contribution in [2.45, 2.75) is 26.3 Å². The predicted octanol–water partition coefficient (Wildman–Crippen LogP) is 2.07. The van der Waals surface area contributed by atoms with E-state index in [1.807, 2.05) is 0 Å². The Hall–Kier alpha value is -2.44. The van der Waals surface area contributed by atoms with E-state index in [1.165, 1.54) is 19.1 Å². The third-order valence-electron chi connectivity index (χ3n) is 2.58. The number of ketones is 1. The summed E-state index contributed by atoms with van der Waals surface area (Å²) in [6, 6.07) is 2.98. The maximum Gasteiger partial charge on any atom is 0.325 e. The van der Waals surface area contributed by atoms with E-state index >= 15 is 0 Å². The average molecular weight is 266 g/mol. The van der Waals surface area contributed by atoms with Crippen LogP contribution >= 0.6 is 0 Å². The summed E-state index contributed by atoms with van der Waals surface area (Å²) >= 11 is 0. The molecule has 7 nitrogen and oxygen atoms in total. The minimum absolute atomic E-state index is 0.0764. The van der Waals surface area contributed by atoms with E-state index in [0.717, 1.165) is 6.07 Å². The number of carboxylic acid groups (broad SMARTS) is 1. The zero-order chi connectivity index (χ0) is 14.6. The van der Waals surface area contributed by atoms with Gasteiger partial charge in [-0.3, -0.25) is 19.7 Å². The summed E-state index contributed by atoms with van der Waals surface area (Å²) in [7, 11) is 0. The average Bonchev–Trinajstić information content (AvgIpc) is 2.37. The van der Waals surface area contributed by atoms with Gasteiger partial charge in [0.25, 0.3) is 5.69 Å². The molecule has 102 valence electrons. The van der Waals surface area contributed by atoms with Crippen LogP contribution in [0.4, 0.5) is 11.4 Å². The van der Waals surface area contributed by atoms with Crippen molar-refractivity contribution < 1.29 is 19.6 Å². The number of nitro benzene ring substituents is 1. The number of benzene rings is 1. The number of rotatable bonds is 6. The summed E-state index contributed by atoms with van der Waals surface area (Å²) in [5, 5.41) is 22.2. The van der Waals surface area contributed by atoms with Gasteiger partial charge in [0.15, 0.2) is 5.78 Å². The first-order valence-corrected chi connectivity index (χ1v) is 5.67. The standard InChI is InChI=1S/C12H14N2O5/c1-3-11(15)8-4-5-9(10(6-8)14(18)19)13-7(2)12(16)17/h4-7,13H,3H2,1-2H3,(H,16,17). The van der Waals surface area contributed by atoms with E-state index in [2.05, 4.69) is 5.32 Å². The highest BCUT2D eigenvalue weighted by molar-refractivity contribution is 5.97. The Morgan fingerprint density at radius 2 is 2.11 bits per heavy atom. The van der Waals surface area contributed by atoms with E-state index < -0.39 is 16.9 Å². The van der Waals surface area contributed by atoms with E-state index in [9.17, 15) is 19.7 Å². The fraction of sp³-hybridized carbons (Fsp3) is 0.333. The molecule has 1 rings (SSSR count). The van der Waals surface area contributed by atoms with E-state index in [1.54, 1.807) is 6.92 Å². The van der Waals surface area contributed by atoms with Gasteiger partial charge in [-0.25, -0.2) is 0 Å². The van der Waals surface area contributed by atoms with Gasteiger partial charge in [-0.2, -0.15) is 0 Å². The van der Waals surface area contributed by atoms with Crippen LogP contribution in [0.15, 0.2) is 18.2 Å². The van der Waals surface area contributed by atoms with Crippen molar-refractivity contribution in [2.75, 3.05) is 5.32 Å². The quantitative estimate of drug-likeness (QED) is 0.463. The number of anilines is 1. The van der Waals surface area contributed by atoms with Gasteiger partial charge in [-0.1, -0.05) is 6.92 Å². The van der Waals surface area contributed by atoms with Crippen LogP contribution in [0.25, 0.3) is 0 Å². The van der Waals surface area contributed by atoms with Gasteiger partial charge >= 0.3 is 5.97 Å². The Morgan fingerprint density at radius 1 is 1.47 bits per heavy atom. The van der Waals surface area contributed by atoms with Gasteiger partial charge in [0.1, 0.15) is 11.7 Å². The third kappa shape index (κ3) is 3.51. The van der Waals surface area contributed by atoms with Crippen LogP contribution < -0.4 is 5.32 Å². The highest BCUT2D eigenvalue weighted by atomic mass is 16.6. The molecule has 0 radical (unpaired) electrons. The number of nitrogens with one attached hydrogen (secondary N) is 1. The molecule has 0 aromatic heterocycles. The molecular weight excluding hydrogens is 252 g/mol. The highest BCUT2D eigenvalue weighted by Gasteiger charge is 2.20. The number of carbonyl (C=O) groups excluding carboxylic acids is 1. The fourth-order valence-electron chi connectivity index (χ4n) is 1.48. The summed E-state index contributed by atoms with van der Waals surface area (Å²) in [6.07, 6.45) is 0.245. The lowest BCUT2D eigenvalue weighted by Gasteiger charge is -2.11. The molecular formula is C12H14N2O5. The second-order valence-corrected chi connectivity index (χ2v) is 3.97. The number of nitrogens with zero attached hydrogens (tertiary/aromatic N) is 1. The minimum atomic E-state index is -1.12. The molecule has 0 heterocycles. The van der Waals surface area contributed by atoms with Crippen LogP contribution in [-0.4, -0.2) is 27.8 Å². The molecule has 0 aliphatic rings. The Labute approximate surface area is 109 Å². The van der Waals surface area contributed by atoms with Crippen molar-refractivity contribution in [3.8, 4) is 0 Å². The van der Waals surface area contributed by atoms with Gasteiger partial charge < -0.3 is 10.4 Å². The van der Waals surface area contributed by atoms with Crippen molar-refractivity contribution in [3.63, 3.8) is 0 Å². The number of aliphatic carboxylic acids is 1. The Kier molecular flexibility index (Phi) is 4.57. The van der Waals surface area contributed by atoms with E-state index in [0.29, 0.717) is 0 Å². The van der Waals surface area contributed by atoms with E-state index in [4.69, 9.17) is 5.11 Å². The smallest absolute Gasteiger partial charge is 0.325 e. The molecule has 0 spiro atoms. The highest BCUT2D eigenvalue weighted by Crippen LogP contribution is 2.26. The molecule has 19 heavy (non-hydrogen) atoms. The molecule has 0 bridgehead atoms. The van der Waals surface area contributed by atoms with Gasteiger partial charge in [-0.05, 0) is 19.1 Å². The predicted molar refractivity (Wildman–Crippen MR) is 68.4 cm³/mol. The first kappa shape index (κ1) is 14.6. The number of Topliss-reactive ketones (excluding diaryl/α,β-unsaturated/α-hetero) is 1. The van der Waals surface area contributed by atoms with Crippen LogP contribution in [0.3, 0.4) is 0 Å². The van der Waals surface area contributed by atoms with Gasteiger partial charge in [0, 0.05) is 18.1 Å². The second-order valence-electron chi connectivity index (χ2n) is 3.97. The third-order valence-corrected chi connectivity index (χ3v) is 2.58. The van der Waals surface area contributed by atoms with Crippen molar-refractivity contribution in [2.24, 2.45) is 0 Å². The number of nitro groups is 1. The monoisotopic (exact) mass is 266 g/mol. The van der Waals surface area contributed by atoms with Crippen molar-refractivity contribution in [1.82, 2.24) is 0 Å². The lowest BCUT2D eigenvalue weighted by molar-refractivity contribution is -0.384. The number of hydrogen-bond donors (Lipinski definition) is 2. The summed E-state index contributed by atoms with van der Waals surface area (Å²) in [5.41, 5.74) is 0.00248. The molecule has 1 unspecified atom stereocenters. The zero-order valence-electron chi connectivity index (χ0n) is 10.5. The van der Waals surface area contributed by atoms with Crippen LogP contribution in [-0.2, 0) is 4.79 Å². The van der Waals surface area contributed by atoms with Gasteiger partial charge in [0.2, 0.25) is 0 Å². The summed E-state index contributed by atoms with van der Waals surface area (Å²) in [6.45, 7) is 3.03. The molecule has 1 aromatic carbocycles. The van der Waals surface area contributed by atoms with Crippen LogP contribution in [0.5, 0.6) is 0 Å². The summed E-state index contributed by atoms with van der Waals surface area (Å²) < 4.78 is 0. The van der Waals surface area contributed by atoms with Gasteiger partial charge in [-0.15, -0.1) is 0 Å². The molecule has 1 aromatic rings. The van der Waals surface area contributed by atoms with Crippen molar-refractivity contribution in [1.29, 1.82) is 0 Å². The molecule has 0 amide bonds. The topological polar surface area (TPSA) is 110 Å². The summed E-state index contributed by atoms with van der Waals surface area (Å²) in [5.74, 6) is -1.33. The number of carboxylic acids is 1. The molecule has 0 aliphatic heterocycles. The molecule has 0 saturated carbocycles. The van der Waals surface area contributed by atoms with E-state index in [-0.39, 0.29) is 29.1 Å². The molecule has 1 atom stereocenters. The Bertz CT molecular complexity index is 527. The lowest BCUT2D eigenvalue weighted by Crippen LogP contribution is -2.25. The van der Waals surface area contributed by atoms with Gasteiger partial charge in [0.05, 0.1) is 4.92 Å². The maximum atomic E-state index is 11.5. The zero-order valence-corrected chi connectivity index (χ0v) is 10.5. The van der Waals surface area contributed by atoms with Crippen LogP contribution in [0.2, 0.25) is 0 Å². The molecule has 0 fully saturated rings. The van der Waals surface area contributed by atoms with Crippen molar-refractivity contribution >= 4 is 23.1 Å². The fourth-order valence-corrected chi connectivity index (χ4v) is 1.48. The Balaban J connectivity index is 3.15. The molecule has 7 heteroatoms. The molecule has 0 saturated heterocycles. The maximum absolute atomic E-state index is 11.5. The SMILES string of the molecule is CCC(=O)c1ccc(NC(C)C(=O)O)c([N+](=O)[O-])c1. The number of hydrogen-bond acceptors (Lipinski definition) is 5. The summed E-state index contributed by atoms with van der Waals surface area (Å²) in [4.78, 5) is 32.5. The second kappa shape index (κ2) is 5.94. The van der Waals surface area contributed by atoms with Crippen molar-refractivity contribution in [3.05, 3.63) is 33.9 Å². The molecule has 2 N–H and O–H groups in total. The minimum Gasteiger partial charge on any atom is -0.480 e. The lowest BCUT2D eigenvalue weighted by atomic mass is 10.1. The van der Waals surface area contributed by atoms with Crippen LogP contribution in [0.1, 0.15) is 30.6 Å². The Morgan fingerprint density at radius 3 is 2.58 bits per heavy atom. The first-order valence-electron chi connectivity index (χ1n) is 5.67. The normalized spacial score (nSPS) is 11.7. The molecule has 0 aliphatic carbocycles. The number of carbonyl (C=O) groups is 2. The van der Waals surface area contributed by atoms with Crippen LogP contribution in [0, 0.1) is 10.1 Å².